The first-order valence-corrected chi connectivity index (χ1v) is 17.7. The topological polar surface area (TPSA) is 52.6 Å². The Kier molecular flexibility index (Phi) is 36.9. The van der Waals surface area contributed by atoms with Gasteiger partial charge in [-0.2, -0.15) is 0 Å². The van der Waals surface area contributed by atoms with E-state index in [2.05, 4.69) is 18.6 Å². The standard InChI is InChI=1S/C19H38O2.C17H34O2/c1-4-5-6-7-8-9-10-11-12-13-14-15-16-17-19(20)21-18(2)3;1-3-4-5-6-7-8-9-10-11-12-13-14-15-16-17(18)19-2/h18H,4-17H2,1-3H3;3-16H2,1-2H3. The van der Waals surface area contributed by atoms with E-state index in [0.29, 0.717) is 12.8 Å². The number of ether oxygens (including phenoxy) is 2. The fourth-order valence-corrected chi connectivity index (χ4v) is 5.00. The largest absolute Gasteiger partial charge is 0.469 e. The van der Waals surface area contributed by atoms with Gasteiger partial charge in [-0.15, -0.1) is 0 Å². The van der Waals surface area contributed by atoms with Crippen molar-refractivity contribution in [1.29, 1.82) is 0 Å². The molecule has 0 spiro atoms. The highest BCUT2D eigenvalue weighted by molar-refractivity contribution is 5.69. The van der Waals surface area contributed by atoms with Crippen LogP contribution in [0.3, 0.4) is 0 Å². The zero-order chi connectivity index (χ0) is 29.9. The lowest BCUT2D eigenvalue weighted by molar-refractivity contribution is -0.147. The molecule has 0 unspecified atom stereocenters. The number of carbonyl (C=O) groups is 2. The lowest BCUT2D eigenvalue weighted by Gasteiger charge is -2.07. The number of hydrogen-bond donors (Lipinski definition) is 0. The molecule has 0 aromatic rings. The minimum absolute atomic E-state index is 0.0273. The lowest BCUT2D eigenvalue weighted by atomic mass is 10.0. The normalized spacial score (nSPS) is 10.8. The van der Waals surface area contributed by atoms with E-state index in [1.807, 2.05) is 13.8 Å². The summed E-state index contributed by atoms with van der Waals surface area (Å²) in [7, 11) is 1.46. The van der Waals surface area contributed by atoms with E-state index in [-0.39, 0.29) is 18.0 Å². The minimum atomic E-state index is -0.0666. The van der Waals surface area contributed by atoms with Crippen molar-refractivity contribution in [1.82, 2.24) is 0 Å². The van der Waals surface area contributed by atoms with Crippen LogP contribution in [0.4, 0.5) is 0 Å². The molecule has 4 heteroatoms. The van der Waals surface area contributed by atoms with Gasteiger partial charge in [-0.1, -0.05) is 168 Å². The molecule has 0 aliphatic rings. The zero-order valence-corrected chi connectivity index (χ0v) is 28.0. The third-order valence-corrected chi connectivity index (χ3v) is 7.56. The number of hydrogen-bond acceptors (Lipinski definition) is 4. The average molecular weight is 569 g/mol. The molecule has 0 saturated carbocycles. The third-order valence-electron chi connectivity index (χ3n) is 7.56. The van der Waals surface area contributed by atoms with Gasteiger partial charge in [-0.25, -0.2) is 0 Å². The second-order valence-corrected chi connectivity index (χ2v) is 12.1. The number of unbranched alkanes of at least 4 members (excludes halogenated alkanes) is 24. The molecule has 0 radical (unpaired) electrons. The summed E-state index contributed by atoms with van der Waals surface area (Å²) in [5, 5.41) is 0. The summed E-state index contributed by atoms with van der Waals surface area (Å²) in [5.74, 6) is -0.101. The second kappa shape index (κ2) is 36.0. The van der Waals surface area contributed by atoms with Crippen molar-refractivity contribution in [3.8, 4) is 0 Å². The Morgan fingerprint density at radius 1 is 0.425 bits per heavy atom. The Hall–Kier alpha value is -1.06. The second-order valence-electron chi connectivity index (χ2n) is 12.1. The summed E-state index contributed by atoms with van der Waals surface area (Å²) in [6.45, 7) is 8.35. The van der Waals surface area contributed by atoms with Gasteiger partial charge in [0, 0.05) is 12.8 Å². The number of carbonyl (C=O) groups excluding carboxylic acids is 2. The monoisotopic (exact) mass is 569 g/mol. The van der Waals surface area contributed by atoms with E-state index in [4.69, 9.17) is 4.74 Å². The average Bonchev–Trinajstić information content (AvgIpc) is 2.93. The molecule has 0 fully saturated rings. The van der Waals surface area contributed by atoms with Crippen LogP contribution in [0.15, 0.2) is 0 Å². The van der Waals surface area contributed by atoms with Crippen LogP contribution in [0.25, 0.3) is 0 Å². The molecule has 0 N–H and O–H groups in total. The molecule has 0 aliphatic carbocycles. The maximum Gasteiger partial charge on any atom is 0.306 e. The van der Waals surface area contributed by atoms with Crippen molar-refractivity contribution >= 4 is 11.9 Å². The van der Waals surface area contributed by atoms with E-state index >= 15 is 0 Å². The highest BCUT2D eigenvalue weighted by Crippen LogP contribution is 2.14. The van der Waals surface area contributed by atoms with E-state index in [1.54, 1.807) is 0 Å². The predicted molar refractivity (Wildman–Crippen MR) is 174 cm³/mol. The number of rotatable bonds is 29. The van der Waals surface area contributed by atoms with Gasteiger partial charge < -0.3 is 9.47 Å². The predicted octanol–water partition coefficient (Wildman–Crippen LogP) is 12.1. The first-order chi connectivity index (χ1) is 19.5. The number of methoxy groups -OCH3 is 1. The van der Waals surface area contributed by atoms with Gasteiger partial charge in [0.1, 0.15) is 0 Å². The van der Waals surface area contributed by atoms with Gasteiger partial charge in [0.2, 0.25) is 0 Å². The summed E-state index contributed by atoms with van der Waals surface area (Å²) < 4.78 is 9.74. The van der Waals surface area contributed by atoms with Crippen molar-refractivity contribution in [3.05, 3.63) is 0 Å². The fraction of sp³-hybridized carbons (Fsp3) is 0.944. The van der Waals surface area contributed by atoms with Crippen LogP contribution in [0.2, 0.25) is 0 Å². The van der Waals surface area contributed by atoms with Gasteiger partial charge in [0.05, 0.1) is 13.2 Å². The van der Waals surface area contributed by atoms with E-state index in [9.17, 15) is 9.59 Å². The van der Waals surface area contributed by atoms with Crippen molar-refractivity contribution in [2.45, 2.75) is 214 Å². The summed E-state index contributed by atoms with van der Waals surface area (Å²) in [4.78, 5) is 22.2. The molecule has 0 saturated heterocycles. The van der Waals surface area contributed by atoms with Gasteiger partial charge >= 0.3 is 11.9 Å². The molecule has 0 heterocycles. The van der Waals surface area contributed by atoms with Crippen LogP contribution in [-0.4, -0.2) is 25.2 Å². The molecule has 0 bridgehead atoms. The van der Waals surface area contributed by atoms with E-state index < -0.39 is 0 Å². The van der Waals surface area contributed by atoms with E-state index in [0.717, 1.165) is 12.8 Å². The smallest absolute Gasteiger partial charge is 0.306 e. The molecule has 0 aliphatic heterocycles. The molecule has 240 valence electrons. The number of esters is 2. The van der Waals surface area contributed by atoms with Gasteiger partial charge in [0.15, 0.2) is 0 Å². The van der Waals surface area contributed by atoms with Crippen molar-refractivity contribution in [2.75, 3.05) is 7.11 Å². The first kappa shape index (κ1) is 41.1. The van der Waals surface area contributed by atoms with Crippen molar-refractivity contribution < 1.29 is 19.1 Å². The van der Waals surface area contributed by atoms with E-state index in [1.165, 1.54) is 161 Å². The molecule has 0 amide bonds. The van der Waals surface area contributed by atoms with Crippen molar-refractivity contribution in [2.24, 2.45) is 0 Å². The SMILES string of the molecule is CCCCCCCCCCCCCCCC(=O)OC.CCCCCCCCCCCCCCCC(=O)OC(C)C. The van der Waals surface area contributed by atoms with Crippen LogP contribution < -0.4 is 0 Å². The van der Waals surface area contributed by atoms with Gasteiger partial charge in [-0.05, 0) is 26.7 Å². The van der Waals surface area contributed by atoms with Gasteiger partial charge in [-0.3, -0.25) is 9.59 Å². The molecule has 0 aromatic carbocycles. The summed E-state index contributed by atoms with van der Waals surface area (Å²) in [6.07, 6.45) is 36.0. The van der Waals surface area contributed by atoms with Gasteiger partial charge in [0.25, 0.3) is 0 Å². The Morgan fingerprint density at radius 2 is 0.675 bits per heavy atom. The Morgan fingerprint density at radius 3 is 0.925 bits per heavy atom. The lowest BCUT2D eigenvalue weighted by Crippen LogP contribution is -2.10. The van der Waals surface area contributed by atoms with Crippen LogP contribution in [-0.2, 0) is 19.1 Å². The highest BCUT2D eigenvalue weighted by Gasteiger charge is 2.04. The highest BCUT2D eigenvalue weighted by atomic mass is 16.5. The first-order valence-electron chi connectivity index (χ1n) is 17.7. The third kappa shape index (κ3) is 39.1. The molecular formula is C36H72O4. The fourth-order valence-electron chi connectivity index (χ4n) is 5.00. The maximum atomic E-state index is 11.3. The molecular weight excluding hydrogens is 496 g/mol. The molecule has 0 atom stereocenters. The maximum absolute atomic E-state index is 11.3. The molecule has 4 nitrogen and oxygen atoms in total. The zero-order valence-electron chi connectivity index (χ0n) is 28.0. The molecule has 40 heavy (non-hydrogen) atoms. The van der Waals surface area contributed by atoms with Crippen LogP contribution in [0.5, 0.6) is 0 Å². The summed E-state index contributed by atoms with van der Waals surface area (Å²) in [6, 6.07) is 0. The Bertz CT molecular complexity index is 503. The van der Waals surface area contributed by atoms with Crippen molar-refractivity contribution in [3.63, 3.8) is 0 Å². The molecule has 0 aromatic heterocycles. The van der Waals surface area contributed by atoms with Crippen LogP contribution in [0.1, 0.15) is 207 Å². The summed E-state index contributed by atoms with van der Waals surface area (Å²) >= 11 is 0. The summed E-state index contributed by atoms with van der Waals surface area (Å²) in [5.41, 5.74) is 0. The van der Waals surface area contributed by atoms with Crippen LogP contribution in [0, 0.1) is 0 Å². The Balaban J connectivity index is 0. The minimum Gasteiger partial charge on any atom is -0.469 e. The quantitative estimate of drug-likeness (QED) is 0.0665. The Labute approximate surface area is 251 Å². The van der Waals surface area contributed by atoms with Crippen LogP contribution >= 0.6 is 0 Å². The molecule has 0 rings (SSSR count).